The van der Waals surface area contributed by atoms with Crippen molar-refractivity contribution in [3.05, 3.63) is 28.2 Å². The third-order valence-corrected chi connectivity index (χ3v) is 3.64. The van der Waals surface area contributed by atoms with E-state index >= 15 is 0 Å². The molecule has 1 aromatic carbocycles. The monoisotopic (exact) mass is 284 g/mol. The summed E-state index contributed by atoms with van der Waals surface area (Å²) >= 11 is 3.25. The number of carboxylic acid groups (broad SMARTS) is 1. The van der Waals surface area contributed by atoms with Crippen LogP contribution in [0.15, 0.2) is 22.7 Å². The third-order valence-electron chi connectivity index (χ3n) is 3.00. The molecule has 1 fully saturated rings. The molecule has 1 unspecified atom stereocenters. The standard InChI is InChI=1S/C12H13BrO3/c13-10-3-1-2-8(12(10)16)9(6-11(14)15)7-4-5-7/h1-3,7,9,16H,4-6H2,(H,14,15). The lowest BCUT2D eigenvalue weighted by Gasteiger charge is -2.16. The first-order valence-electron chi connectivity index (χ1n) is 5.28. The molecule has 2 rings (SSSR count). The van der Waals surface area contributed by atoms with E-state index in [1.54, 1.807) is 6.07 Å². The summed E-state index contributed by atoms with van der Waals surface area (Å²) in [6.07, 6.45) is 2.21. The number of halogens is 1. The Balaban J connectivity index is 2.30. The van der Waals surface area contributed by atoms with Crippen LogP contribution < -0.4 is 0 Å². The van der Waals surface area contributed by atoms with Crippen molar-refractivity contribution in [2.45, 2.75) is 25.2 Å². The Hall–Kier alpha value is -1.03. The largest absolute Gasteiger partial charge is 0.506 e. The van der Waals surface area contributed by atoms with Gasteiger partial charge in [-0.25, -0.2) is 0 Å². The second-order valence-electron chi connectivity index (χ2n) is 4.22. The van der Waals surface area contributed by atoms with E-state index in [-0.39, 0.29) is 18.1 Å². The molecule has 0 amide bonds. The molecule has 2 N–H and O–H groups in total. The Morgan fingerprint density at radius 3 is 2.75 bits per heavy atom. The minimum atomic E-state index is -0.809. The van der Waals surface area contributed by atoms with Crippen molar-refractivity contribution in [3.63, 3.8) is 0 Å². The highest BCUT2D eigenvalue weighted by Crippen LogP contribution is 2.47. The molecule has 0 bridgehead atoms. The maximum absolute atomic E-state index is 10.8. The summed E-state index contributed by atoms with van der Waals surface area (Å²) in [5, 5.41) is 18.8. The second-order valence-corrected chi connectivity index (χ2v) is 5.07. The number of phenolic OH excluding ortho intramolecular Hbond substituents is 1. The molecule has 0 aromatic heterocycles. The summed E-state index contributed by atoms with van der Waals surface area (Å²) in [5.74, 6) is -0.275. The van der Waals surface area contributed by atoms with Gasteiger partial charge in [0.05, 0.1) is 10.9 Å². The van der Waals surface area contributed by atoms with Crippen LogP contribution in [0.1, 0.15) is 30.7 Å². The van der Waals surface area contributed by atoms with Crippen molar-refractivity contribution in [2.75, 3.05) is 0 Å². The average molecular weight is 285 g/mol. The Kier molecular flexibility index (Phi) is 3.19. The zero-order chi connectivity index (χ0) is 11.7. The lowest BCUT2D eigenvalue weighted by molar-refractivity contribution is -0.137. The van der Waals surface area contributed by atoms with Crippen molar-refractivity contribution >= 4 is 21.9 Å². The smallest absolute Gasteiger partial charge is 0.303 e. The number of benzene rings is 1. The average Bonchev–Trinajstić information content (AvgIpc) is 3.02. The van der Waals surface area contributed by atoms with E-state index in [0.717, 1.165) is 18.4 Å². The van der Waals surface area contributed by atoms with Crippen LogP contribution in [0.25, 0.3) is 0 Å². The number of rotatable bonds is 4. The van der Waals surface area contributed by atoms with Crippen molar-refractivity contribution in [1.29, 1.82) is 0 Å². The van der Waals surface area contributed by atoms with Crippen LogP contribution in [0.3, 0.4) is 0 Å². The number of aromatic hydroxyl groups is 1. The number of para-hydroxylation sites is 1. The Labute approximate surface area is 102 Å². The zero-order valence-corrected chi connectivity index (χ0v) is 10.3. The predicted molar refractivity (Wildman–Crippen MR) is 63.5 cm³/mol. The normalized spacial score (nSPS) is 17.1. The molecule has 16 heavy (non-hydrogen) atoms. The van der Waals surface area contributed by atoms with Crippen LogP contribution >= 0.6 is 15.9 Å². The highest BCUT2D eigenvalue weighted by atomic mass is 79.9. The first kappa shape index (κ1) is 11.5. The number of hydrogen-bond acceptors (Lipinski definition) is 2. The van der Waals surface area contributed by atoms with E-state index in [9.17, 15) is 9.90 Å². The maximum Gasteiger partial charge on any atom is 0.303 e. The molecular formula is C12H13BrO3. The molecule has 0 heterocycles. The summed E-state index contributed by atoms with van der Waals surface area (Å²) in [4.78, 5) is 10.8. The van der Waals surface area contributed by atoms with Gasteiger partial charge in [-0.1, -0.05) is 12.1 Å². The maximum atomic E-state index is 10.8. The summed E-state index contributed by atoms with van der Waals surface area (Å²) in [6.45, 7) is 0. The number of aliphatic carboxylic acids is 1. The molecule has 1 aliphatic carbocycles. The summed E-state index contributed by atoms with van der Waals surface area (Å²) in [7, 11) is 0. The summed E-state index contributed by atoms with van der Waals surface area (Å²) in [5.41, 5.74) is 0.749. The lowest BCUT2D eigenvalue weighted by atomic mass is 9.90. The van der Waals surface area contributed by atoms with Crippen LogP contribution in [-0.4, -0.2) is 16.2 Å². The van der Waals surface area contributed by atoms with Crippen LogP contribution in [-0.2, 0) is 4.79 Å². The second kappa shape index (κ2) is 4.45. The molecule has 1 atom stereocenters. The Morgan fingerprint density at radius 2 is 2.19 bits per heavy atom. The Bertz CT molecular complexity index is 413. The molecule has 86 valence electrons. The molecule has 1 saturated carbocycles. The number of carbonyl (C=O) groups is 1. The molecule has 0 saturated heterocycles. The molecular weight excluding hydrogens is 272 g/mol. The fourth-order valence-corrected chi connectivity index (χ4v) is 2.43. The fourth-order valence-electron chi connectivity index (χ4n) is 2.05. The van der Waals surface area contributed by atoms with Gasteiger partial charge in [0, 0.05) is 5.92 Å². The van der Waals surface area contributed by atoms with Gasteiger partial charge in [-0.05, 0) is 46.3 Å². The van der Waals surface area contributed by atoms with Crippen LogP contribution in [0.5, 0.6) is 5.75 Å². The van der Waals surface area contributed by atoms with Gasteiger partial charge in [0.1, 0.15) is 5.75 Å². The van der Waals surface area contributed by atoms with Crippen molar-refractivity contribution in [2.24, 2.45) is 5.92 Å². The van der Waals surface area contributed by atoms with E-state index in [2.05, 4.69) is 15.9 Å². The molecule has 3 nitrogen and oxygen atoms in total. The van der Waals surface area contributed by atoms with Crippen LogP contribution in [0.2, 0.25) is 0 Å². The van der Waals surface area contributed by atoms with Crippen LogP contribution in [0, 0.1) is 5.92 Å². The summed E-state index contributed by atoms with van der Waals surface area (Å²) in [6, 6.07) is 5.39. The van der Waals surface area contributed by atoms with Crippen molar-refractivity contribution < 1.29 is 15.0 Å². The van der Waals surface area contributed by atoms with E-state index in [0.29, 0.717) is 10.4 Å². The van der Waals surface area contributed by atoms with Gasteiger partial charge in [0.2, 0.25) is 0 Å². The van der Waals surface area contributed by atoms with E-state index in [4.69, 9.17) is 5.11 Å². The van der Waals surface area contributed by atoms with Gasteiger partial charge in [0.25, 0.3) is 0 Å². The quantitative estimate of drug-likeness (QED) is 0.893. The zero-order valence-electron chi connectivity index (χ0n) is 8.69. The molecule has 0 aliphatic heterocycles. The van der Waals surface area contributed by atoms with Crippen molar-refractivity contribution in [1.82, 2.24) is 0 Å². The SMILES string of the molecule is O=C(O)CC(c1cccc(Br)c1O)C1CC1. The van der Waals surface area contributed by atoms with Crippen LogP contribution in [0.4, 0.5) is 0 Å². The van der Waals surface area contributed by atoms with E-state index in [1.807, 2.05) is 12.1 Å². The van der Waals surface area contributed by atoms with Gasteiger partial charge in [-0.2, -0.15) is 0 Å². The fraction of sp³-hybridized carbons (Fsp3) is 0.417. The molecule has 1 aromatic rings. The van der Waals surface area contributed by atoms with Gasteiger partial charge in [0.15, 0.2) is 0 Å². The first-order valence-corrected chi connectivity index (χ1v) is 6.08. The number of hydrogen-bond donors (Lipinski definition) is 2. The van der Waals surface area contributed by atoms with E-state index in [1.165, 1.54) is 0 Å². The van der Waals surface area contributed by atoms with E-state index < -0.39 is 5.97 Å². The van der Waals surface area contributed by atoms with Gasteiger partial charge < -0.3 is 10.2 Å². The molecule has 1 aliphatic rings. The topological polar surface area (TPSA) is 57.5 Å². The highest BCUT2D eigenvalue weighted by Gasteiger charge is 2.35. The van der Waals surface area contributed by atoms with Crippen molar-refractivity contribution in [3.8, 4) is 5.75 Å². The Morgan fingerprint density at radius 1 is 1.50 bits per heavy atom. The number of carboxylic acids is 1. The minimum absolute atomic E-state index is 0.0602. The first-order chi connectivity index (χ1) is 7.59. The number of phenols is 1. The molecule has 0 radical (unpaired) electrons. The predicted octanol–water partition coefficient (Wildman–Crippen LogP) is 3.12. The van der Waals surface area contributed by atoms with Gasteiger partial charge >= 0.3 is 5.97 Å². The highest BCUT2D eigenvalue weighted by molar-refractivity contribution is 9.10. The van der Waals surface area contributed by atoms with Gasteiger partial charge in [-0.3, -0.25) is 4.79 Å². The molecule has 4 heteroatoms. The van der Waals surface area contributed by atoms with Gasteiger partial charge in [-0.15, -0.1) is 0 Å². The third kappa shape index (κ3) is 2.38. The minimum Gasteiger partial charge on any atom is -0.506 e. The summed E-state index contributed by atoms with van der Waals surface area (Å²) < 4.78 is 0.626. The molecule has 0 spiro atoms. The lowest BCUT2D eigenvalue weighted by Crippen LogP contribution is -2.08.